The summed E-state index contributed by atoms with van der Waals surface area (Å²) in [6, 6.07) is 1.68. The molecule has 0 radical (unpaired) electrons. The topological polar surface area (TPSA) is 66.4 Å². The largest absolute Gasteiger partial charge is 0.481 e. The van der Waals surface area contributed by atoms with Gasteiger partial charge in [-0.25, -0.2) is 4.39 Å². The van der Waals surface area contributed by atoms with E-state index >= 15 is 0 Å². The van der Waals surface area contributed by atoms with E-state index in [4.69, 9.17) is 5.11 Å². The molecule has 0 heterocycles. The number of halogens is 4. The zero-order chi connectivity index (χ0) is 17.1. The minimum absolute atomic E-state index is 0.269. The number of benzene rings is 1. The maximum atomic E-state index is 13.5. The summed E-state index contributed by atoms with van der Waals surface area (Å²) in [6.45, 7) is 3.03. The highest BCUT2D eigenvalue weighted by Gasteiger charge is 2.31. The van der Waals surface area contributed by atoms with Gasteiger partial charge >= 0.3 is 12.1 Å². The van der Waals surface area contributed by atoms with Gasteiger partial charge in [-0.05, 0) is 23.6 Å². The SMILES string of the molecule is CC(C)(CC(=O)O)CC(=O)Nc1cc(C(F)(F)F)ccc1F. The van der Waals surface area contributed by atoms with Crippen molar-refractivity contribution in [1.29, 1.82) is 0 Å². The lowest BCUT2D eigenvalue weighted by atomic mass is 9.85. The molecule has 0 aliphatic rings. The second-order valence-electron chi connectivity index (χ2n) is 5.65. The molecular formula is C14H15F4NO3. The summed E-state index contributed by atoms with van der Waals surface area (Å²) in [4.78, 5) is 22.4. The van der Waals surface area contributed by atoms with Gasteiger partial charge in [-0.1, -0.05) is 13.8 Å². The Kier molecular flexibility index (Phi) is 5.16. The van der Waals surface area contributed by atoms with E-state index < -0.39 is 40.5 Å². The first-order valence-corrected chi connectivity index (χ1v) is 6.29. The first kappa shape index (κ1) is 17.9. The highest BCUT2D eigenvalue weighted by Crippen LogP contribution is 2.32. The second kappa shape index (κ2) is 6.33. The molecule has 22 heavy (non-hydrogen) atoms. The van der Waals surface area contributed by atoms with Crippen LogP contribution in [0.5, 0.6) is 0 Å². The van der Waals surface area contributed by atoms with E-state index in [-0.39, 0.29) is 12.8 Å². The molecule has 0 fully saturated rings. The summed E-state index contributed by atoms with van der Waals surface area (Å²) in [6.07, 6.45) is -5.23. The average molecular weight is 321 g/mol. The number of carbonyl (C=O) groups is 2. The molecule has 1 amide bonds. The van der Waals surface area contributed by atoms with Gasteiger partial charge in [0.25, 0.3) is 0 Å². The lowest BCUT2D eigenvalue weighted by Crippen LogP contribution is -2.25. The van der Waals surface area contributed by atoms with Crippen LogP contribution in [-0.4, -0.2) is 17.0 Å². The number of carboxylic acids is 1. The van der Waals surface area contributed by atoms with Gasteiger partial charge in [0.15, 0.2) is 0 Å². The molecule has 1 aromatic rings. The van der Waals surface area contributed by atoms with Crippen molar-refractivity contribution >= 4 is 17.6 Å². The predicted molar refractivity (Wildman–Crippen MR) is 70.7 cm³/mol. The summed E-state index contributed by atoms with van der Waals surface area (Å²) < 4.78 is 51.1. The van der Waals surface area contributed by atoms with Crippen LogP contribution in [0, 0.1) is 11.2 Å². The molecule has 0 aromatic heterocycles. The number of anilines is 1. The standard InChI is InChI=1S/C14H15F4NO3/c1-13(2,7-12(21)22)6-11(20)19-10-5-8(14(16,17)18)3-4-9(10)15/h3-5H,6-7H2,1-2H3,(H,19,20)(H,21,22). The van der Waals surface area contributed by atoms with Crippen molar-refractivity contribution in [2.45, 2.75) is 32.9 Å². The van der Waals surface area contributed by atoms with Crippen molar-refractivity contribution in [3.05, 3.63) is 29.6 Å². The molecule has 1 rings (SSSR count). The number of hydrogen-bond donors (Lipinski definition) is 2. The number of rotatable bonds is 5. The molecule has 0 aliphatic heterocycles. The minimum Gasteiger partial charge on any atom is -0.481 e. The van der Waals surface area contributed by atoms with Crippen LogP contribution in [0.4, 0.5) is 23.2 Å². The van der Waals surface area contributed by atoms with Gasteiger partial charge in [0.05, 0.1) is 17.7 Å². The molecule has 0 aliphatic carbocycles. The number of amides is 1. The number of aliphatic carboxylic acids is 1. The minimum atomic E-state index is -4.66. The maximum Gasteiger partial charge on any atom is 0.416 e. The van der Waals surface area contributed by atoms with Crippen LogP contribution in [0.15, 0.2) is 18.2 Å². The number of carbonyl (C=O) groups excluding carboxylic acids is 1. The van der Waals surface area contributed by atoms with Gasteiger partial charge in [0, 0.05) is 6.42 Å². The second-order valence-corrected chi connectivity index (χ2v) is 5.65. The van der Waals surface area contributed by atoms with Crippen LogP contribution >= 0.6 is 0 Å². The molecule has 8 heteroatoms. The molecule has 2 N–H and O–H groups in total. The molecule has 4 nitrogen and oxygen atoms in total. The van der Waals surface area contributed by atoms with Gasteiger partial charge in [0.1, 0.15) is 5.82 Å². The maximum absolute atomic E-state index is 13.5. The molecule has 0 bridgehead atoms. The van der Waals surface area contributed by atoms with E-state index in [0.717, 1.165) is 0 Å². The van der Waals surface area contributed by atoms with Crippen molar-refractivity contribution < 1.29 is 32.3 Å². The number of carboxylic acid groups (broad SMARTS) is 1. The fourth-order valence-electron chi connectivity index (χ4n) is 1.90. The van der Waals surface area contributed by atoms with E-state index in [1.165, 1.54) is 13.8 Å². The van der Waals surface area contributed by atoms with Gasteiger partial charge in [-0.2, -0.15) is 13.2 Å². The zero-order valence-electron chi connectivity index (χ0n) is 11.9. The van der Waals surface area contributed by atoms with Gasteiger partial charge in [0.2, 0.25) is 5.91 Å². The predicted octanol–water partition coefficient (Wildman–Crippen LogP) is 3.67. The van der Waals surface area contributed by atoms with Gasteiger partial charge < -0.3 is 10.4 Å². The van der Waals surface area contributed by atoms with Crippen molar-refractivity contribution in [3.63, 3.8) is 0 Å². The van der Waals surface area contributed by atoms with E-state index in [0.29, 0.717) is 18.2 Å². The summed E-state index contributed by atoms with van der Waals surface area (Å²) in [5.74, 6) is -2.87. The van der Waals surface area contributed by atoms with Crippen molar-refractivity contribution in [3.8, 4) is 0 Å². The van der Waals surface area contributed by atoms with Crippen LogP contribution in [0.25, 0.3) is 0 Å². The molecule has 122 valence electrons. The average Bonchev–Trinajstić information content (AvgIpc) is 2.27. The first-order chi connectivity index (χ1) is 9.90. The Morgan fingerprint density at radius 1 is 1.18 bits per heavy atom. The molecule has 0 saturated carbocycles. The Morgan fingerprint density at radius 2 is 1.77 bits per heavy atom. The summed E-state index contributed by atoms with van der Waals surface area (Å²) in [5, 5.41) is 10.8. The van der Waals surface area contributed by atoms with E-state index in [2.05, 4.69) is 0 Å². The normalized spacial score (nSPS) is 12.1. The Hall–Kier alpha value is -2.12. The van der Waals surface area contributed by atoms with Crippen LogP contribution in [-0.2, 0) is 15.8 Å². The van der Waals surface area contributed by atoms with E-state index in [1.807, 2.05) is 5.32 Å². The van der Waals surface area contributed by atoms with Crippen LogP contribution < -0.4 is 5.32 Å². The molecule has 0 atom stereocenters. The summed E-state index contributed by atoms with van der Waals surface area (Å²) in [5.41, 5.74) is -2.59. The number of nitrogens with one attached hydrogen (secondary N) is 1. The zero-order valence-corrected chi connectivity index (χ0v) is 11.9. The first-order valence-electron chi connectivity index (χ1n) is 6.29. The fourth-order valence-corrected chi connectivity index (χ4v) is 1.90. The van der Waals surface area contributed by atoms with E-state index in [1.54, 1.807) is 0 Å². The molecule has 1 aromatic carbocycles. The lowest BCUT2D eigenvalue weighted by molar-refractivity contribution is -0.140. The Bertz CT molecular complexity index is 582. The Morgan fingerprint density at radius 3 is 2.27 bits per heavy atom. The lowest BCUT2D eigenvalue weighted by Gasteiger charge is -2.21. The van der Waals surface area contributed by atoms with Crippen LogP contribution in [0.1, 0.15) is 32.3 Å². The van der Waals surface area contributed by atoms with Crippen molar-refractivity contribution in [2.24, 2.45) is 5.41 Å². The molecule has 0 spiro atoms. The third-order valence-electron chi connectivity index (χ3n) is 2.84. The quantitative estimate of drug-likeness (QED) is 0.813. The van der Waals surface area contributed by atoms with Gasteiger partial charge in [-0.3, -0.25) is 9.59 Å². The van der Waals surface area contributed by atoms with E-state index in [9.17, 15) is 27.2 Å². The monoisotopic (exact) mass is 321 g/mol. The molecule has 0 unspecified atom stereocenters. The third-order valence-corrected chi connectivity index (χ3v) is 2.84. The summed E-state index contributed by atoms with van der Waals surface area (Å²) in [7, 11) is 0. The highest BCUT2D eigenvalue weighted by molar-refractivity contribution is 5.91. The molecular weight excluding hydrogens is 306 g/mol. The Labute approximate surface area is 124 Å². The highest BCUT2D eigenvalue weighted by atomic mass is 19.4. The van der Waals surface area contributed by atoms with Crippen molar-refractivity contribution in [1.82, 2.24) is 0 Å². The molecule has 0 saturated heterocycles. The number of alkyl halides is 3. The number of hydrogen-bond acceptors (Lipinski definition) is 2. The van der Waals surface area contributed by atoms with Crippen LogP contribution in [0.3, 0.4) is 0 Å². The summed E-state index contributed by atoms with van der Waals surface area (Å²) >= 11 is 0. The van der Waals surface area contributed by atoms with Crippen LogP contribution in [0.2, 0.25) is 0 Å². The van der Waals surface area contributed by atoms with Gasteiger partial charge in [-0.15, -0.1) is 0 Å². The van der Waals surface area contributed by atoms with Crippen molar-refractivity contribution in [2.75, 3.05) is 5.32 Å². The fraction of sp³-hybridized carbons (Fsp3) is 0.429. The smallest absolute Gasteiger partial charge is 0.416 e. The third kappa shape index (κ3) is 5.34. The Balaban J connectivity index is 2.86.